The molecule has 0 aliphatic carbocycles. The first-order valence-electron chi connectivity index (χ1n) is 10.7. The van der Waals surface area contributed by atoms with Crippen LogP contribution in [0.15, 0.2) is 76.5 Å². The van der Waals surface area contributed by atoms with Gasteiger partial charge in [0.1, 0.15) is 6.54 Å². The van der Waals surface area contributed by atoms with Crippen LogP contribution in [0.3, 0.4) is 0 Å². The molecule has 7 nitrogen and oxygen atoms in total. The number of sulfonamides is 1. The zero-order chi connectivity index (χ0) is 26.0. The van der Waals surface area contributed by atoms with E-state index < -0.39 is 38.4 Å². The van der Waals surface area contributed by atoms with E-state index in [1.807, 2.05) is 6.92 Å². The summed E-state index contributed by atoms with van der Waals surface area (Å²) >= 11 is 6.07. The summed E-state index contributed by atoms with van der Waals surface area (Å²) in [6.07, 6.45) is 1.12. The molecule has 0 spiro atoms. The van der Waals surface area contributed by atoms with Crippen LogP contribution in [0.4, 0.5) is 5.69 Å². The summed E-state index contributed by atoms with van der Waals surface area (Å²) in [4.78, 5) is 13.2. The van der Waals surface area contributed by atoms with Crippen molar-refractivity contribution in [3.05, 3.63) is 88.4 Å². The number of hydrogen-bond acceptors (Lipinski definition) is 5. The van der Waals surface area contributed by atoms with E-state index in [2.05, 4.69) is 5.32 Å². The van der Waals surface area contributed by atoms with E-state index in [0.29, 0.717) is 21.8 Å². The quantitative estimate of drug-likeness (QED) is 0.460. The van der Waals surface area contributed by atoms with E-state index in [4.69, 9.17) is 11.6 Å². The highest BCUT2D eigenvalue weighted by Gasteiger charge is 2.29. The summed E-state index contributed by atoms with van der Waals surface area (Å²) in [6, 6.07) is 16.9. The van der Waals surface area contributed by atoms with E-state index in [1.54, 1.807) is 56.3 Å². The molecule has 186 valence electrons. The highest BCUT2D eigenvalue weighted by Crippen LogP contribution is 2.29. The van der Waals surface area contributed by atoms with Gasteiger partial charge in [-0.05, 0) is 74.4 Å². The first-order chi connectivity index (χ1) is 16.3. The van der Waals surface area contributed by atoms with Gasteiger partial charge in [0.05, 0.1) is 21.5 Å². The van der Waals surface area contributed by atoms with Gasteiger partial charge in [-0.3, -0.25) is 9.10 Å². The lowest BCUT2D eigenvalue weighted by atomic mass is 10.1. The fourth-order valence-electron chi connectivity index (χ4n) is 3.54. The Morgan fingerprint density at radius 1 is 0.914 bits per heavy atom. The largest absolute Gasteiger partial charge is 0.348 e. The lowest BCUT2D eigenvalue weighted by Crippen LogP contribution is -2.41. The van der Waals surface area contributed by atoms with E-state index in [1.165, 1.54) is 24.3 Å². The molecule has 1 amide bonds. The molecule has 1 atom stereocenters. The molecular formula is C25H27ClN2O5S2. The maximum atomic E-state index is 13.6. The van der Waals surface area contributed by atoms with E-state index in [9.17, 15) is 21.6 Å². The average molecular weight is 535 g/mol. The Hall–Kier alpha value is -2.88. The predicted molar refractivity (Wildman–Crippen MR) is 138 cm³/mol. The number of amides is 1. The lowest BCUT2D eigenvalue weighted by molar-refractivity contribution is -0.120. The molecule has 10 heteroatoms. The minimum absolute atomic E-state index is 0.0645. The van der Waals surface area contributed by atoms with Crippen molar-refractivity contribution in [3.63, 3.8) is 0 Å². The first-order valence-corrected chi connectivity index (χ1v) is 14.4. The summed E-state index contributed by atoms with van der Waals surface area (Å²) < 4.78 is 51.6. The van der Waals surface area contributed by atoms with Gasteiger partial charge in [-0.25, -0.2) is 16.8 Å². The fraction of sp³-hybridized carbons (Fsp3) is 0.240. The van der Waals surface area contributed by atoms with Gasteiger partial charge in [0.25, 0.3) is 10.0 Å². The van der Waals surface area contributed by atoms with Crippen LogP contribution in [-0.4, -0.2) is 35.5 Å². The molecule has 0 heterocycles. The molecule has 0 radical (unpaired) electrons. The zero-order valence-corrected chi connectivity index (χ0v) is 22.2. The van der Waals surface area contributed by atoms with Crippen molar-refractivity contribution in [3.8, 4) is 0 Å². The van der Waals surface area contributed by atoms with Crippen molar-refractivity contribution in [2.75, 3.05) is 17.1 Å². The Bertz CT molecular complexity index is 1440. The van der Waals surface area contributed by atoms with Gasteiger partial charge >= 0.3 is 0 Å². The van der Waals surface area contributed by atoms with Gasteiger partial charge in [-0.2, -0.15) is 0 Å². The molecule has 0 saturated carbocycles. The molecule has 1 N–H and O–H groups in total. The van der Waals surface area contributed by atoms with E-state index in [0.717, 1.165) is 16.1 Å². The lowest BCUT2D eigenvalue weighted by Gasteiger charge is -2.26. The van der Waals surface area contributed by atoms with Gasteiger partial charge in [-0.1, -0.05) is 41.4 Å². The normalized spacial score (nSPS) is 12.7. The zero-order valence-electron chi connectivity index (χ0n) is 19.8. The minimum Gasteiger partial charge on any atom is -0.348 e. The number of aryl methyl sites for hydroxylation is 2. The molecule has 0 aliphatic heterocycles. The Morgan fingerprint density at radius 2 is 1.49 bits per heavy atom. The first kappa shape index (κ1) is 26.7. The number of anilines is 1. The van der Waals surface area contributed by atoms with Crippen molar-refractivity contribution < 1.29 is 21.6 Å². The van der Waals surface area contributed by atoms with Crippen LogP contribution < -0.4 is 9.62 Å². The van der Waals surface area contributed by atoms with Gasteiger partial charge < -0.3 is 5.32 Å². The van der Waals surface area contributed by atoms with Crippen LogP contribution in [0.5, 0.6) is 0 Å². The number of rotatable bonds is 8. The number of sulfone groups is 1. The monoisotopic (exact) mass is 534 g/mol. The molecule has 3 aromatic rings. The van der Waals surface area contributed by atoms with Crippen molar-refractivity contribution in [2.24, 2.45) is 0 Å². The van der Waals surface area contributed by atoms with Gasteiger partial charge in [-0.15, -0.1) is 0 Å². The van der Waals surface area contributed by atoms with Crippen LogP contribution in [0.1, 0.15) is 29.7 Å². The fourth-order valence-corrected chi connectivity index (χ4v) is 5.88. The van der Waals surface area contributed by atoms with E-state index >= 15 is 0 Å². The highest BCUT2D eigenvalue weighted by molar-refractivity contribution is 7.93. The summed E-state index contributed by atoms with van der Waals surface area (Å²) in [5.41, 5.74) is 2.54. The second-order valence-corrected chi connectivity index (χ2v) is 12.7. The standard InChI is InChI=1S/C25H27ClN2O5S2/c1-17-5-10-23(11-6-17)35(32,33)28(24-14-9-21(26)15-18(24)2)16-25(29)27-19(3)20-7-12-22(13-8-20)34(4,30)31/h5-15,19H,16H2,1-4H3,(H,27,29). The smallest absolute Gasteiger partial charge is 0.264 e. The molecule has 0 saturated heterocycles. The van der Waals surface area contributed by atoms with Crippen molar-refractivity contribution in [2.45, 2.75) is 36.6 Å². The number of hydrogen-bond donors (Lipinski definition) is 1. The van der Waals surface area contributed by atoms with Gasteiger partial charge in [0.2, 0.25) is 5.91 Å². The van der Waals surface area contributed by atoms with Crippen molar-refractivity contribution in [1.82, 2.24) is 5.32 Å². The molecule has 3 rings (SSSR count). The van der Waals surface area contributed by atoms with Crippen LogP contribution >= 0.6 is 11.6 Å². The van der Waals surface area contributed by atoms with E-state index in [-0.39, 0.29) is 9.79 Å². The Kier molecular flexibility index (Phi) is 7.93. The van der Waals surface area contributed by atoms with Crippen LogP contribution in [0.2, 0.25) is 5.02 Å². The molecule has 0 aromatic heterocycles. The number of benzene rings is 3. The van der Waals surface area contributed by atoms with Crippen molar-refractivity contribution >= 4 is 43.1 Å². The summed E-state index contributed by atoms with van der Waals surface area (Å²) in [7, 11) is -7.40. The molecule has 0 fully saturated rings. The second kappa shape index (κ2) is 10.4. The Balaban J connectivity index is 1.90. The second-order valence-electron chi connectivity index (χ2n) is 8.39. The number of carbonyl (C=O) groups excluding carboxylic acids is 1. The highest BCUT2D eigenvalue weighted by atomic mass is 35.5. The molecule has 1 unspecified atom stereocenters. The van der Waals surface area contributed by atoms with Crippen LogP contribution in [-0.2, 0) is 24.7 Å². The molecular weight excluding hydrogens is 508 g/mol. The average Bonchev–Trinajstić information content (AvgIpc) is 2.77. The molecule has 0 bridgehead atoms. The molecule has 0 aliphatic rings. The SMILES string of the molecule is Cc1ccc(S(=O)(=O)N(CC(=O)NC(C)c2ccc(S(C)(=O)=O)cc2)c2ccc(Cl)cc2C)cc1. The summed E-state index contributed by atoms with van der Waals surface area (Å²) in [5, 5.41) is 3.25. The third-order valence-corrected chi connectivity index (χ3v) is 8.65. The molecule has 35 heavy (non-hydrogen) atoms. The van der Waals surface area contributed by atoms with Crippen LogP contribution in [0.25, 0.3) is 0 Å². The summed E-state index contributed by atoms with van der Waals surface area (Å²) in [6.45, 7) is 4.86. The Labute approximate surface area is 211 Å². The third-order valence-electron chi connectivity index (χ3n) is 5.51. The molecule has 3 aromatic carbocycles. The Morgan fingerprint density at radius 3 is 2.03 bits per heavy atom. The minimum atomic E-state index is -4.06. The number of nitrogens with one attached hydrogen (secondary N) is 1. The third kappa shape index (κ3) is 6.42. The maximum absolute atomic E-state index is 13.6. The number of halogens is 1. The van der Waals surface area contributed by atoms with Crippen molar-refractivity contribution in [1.29, 1.82) is 0 Å². The predicted octanol–water partition coefficient (Wildman–Crippen LogP) is 4.43. The number of nitrogens with zero attached hydrogens (tertiary/aromatic N) is 1. The number of carbonyl (C=O) groups is 1. The van der Waals surface area contributed by atoms with Crippen LogP contribution in [0, 0.1) is 13.8 Å². The van der Waals surface area contributed by atoms with Gasteiger partial charge in [0.15, 0.2) is 9.84 Å². The van der Waals surface area contributed by atoms with Gasteiger partial charge in [0, 0.05) is 11.3 Å². The summed E-state index contributed by atoms with van der Waals surface area (Å²) in [5.74, 6) is -0.519. The topological polar surface area (TPSA) is 101 Å². The maximum Gasteiger partial charge on any atom is 0.264 e.